The summed E-state index contributed by atoms with van der Waals surface area (Å²) in [5, 5.41) is 8.10. The zero-order valence-corrected chi connectivity index (χ0v) is 5.89. The molecule has 0 aromatic heterocycles. The Morgan fingerprint density at radius 2 is 1.67 bits per heavy atom. The molecule has 0 spiro atoms. The van der Waals surface area contributed by atoms with E-state index in [4.69, 9.17) is 5.26 Å². The van der Waals surface area contributed by atoms with Crippen molar-refractivity contribution in [1.82, 2.24) is 0 Å². The van der Waals surface area contributed by atoms with E-state index in [-0.39, 0.29) is 5.56 Å². The SMILES string of the molecule is N#CC(F)c1cc(F)cc(F)c1. The number of nitrogens with zero attached hydrogens (tertiary/aromatic N) is 1. The van der Waals surface area contributed by atoms with Gasteiger partial charge >= 0.3 is 0 Å². The van der Waals surface area contributed by atoms with Crippen LogP contribution in [0.3, 0.4) is 0 Å². The second-order valence-corrected chi connectivity index (χ2v) is 2.19. The van der Waals surface area contributed by atoms with Gasteiger partial charge in [0.1, 0.15) is 17.7 Å². The highest BCUT2D eigenvalue weighted by Gasteiger charge is 2.10. The van der Waals surface area contributed by atoms with Gasteiger partial charge in [0, 0.05) is 11.6 Å². The molecule has 0 N–H and O–H groups in total. The molecule has 1 rings (SSSR count). The van der Waals surface area contributed by atoms with Crippen molar-refractivity contribution in [3.05, 3.63) is 35.4 Å². The van der Waals surface area contributed by atoms with Gasteiger partial charge in [-0.3, -0.25) is 0 Å². The topological polar surface area (TPSA) is 23.8 Å². The van der Waals surface area contributed by atoms with Crippen molar-refractivity contribution in [2.45, 2.75) is 6.17 Å². The number of hydrogen-bond acceptors (Lipinski definition) is 1. The second kappa shape index (κ2) is 3.26. The van der Waals surface area contributed by atoms with Crippen LogP contribution >= 0.6 is 0 Å². The number of rotatable bonds is 1. The smallest absolute Gasteiger partial charge is 0.211 e. The molecule has 0 saturated heterocycles. The van der Waals surface area contributed by atoms with Gasteiger partial charge in [-0.05, 0) is 12.1 Å². The van der Waals surface area contributed by atoms with E-state index in [0.29, 0.717) is 6.07 Å². The molecule has 0 aliphatic carbocycles. The largest absolute Gasteiger partial charge is 0.226 e. The summed E-state index contributed by atoms with van der Waals surface area (Å²) in [6.07, 6.45) is -1.98. The Morgan fingerprint density at radius 1 is 1.17 bits per heavy atom. The predicted molar refractivity (Wildman–Crippen MR) is 35.8 cm³/mol. The third-order valence-corrected chi connectivity index (χ3v) is 1.29. The van der Waals surface area contributed by atoms with Gasteiger partial charge in [-0.25, -0.2) is 13.2 Å². The number of hydrogen-bond donors (Lipinski definition) is 0. The molecule has 1 unspecified atom stereocenters. The van der Waals surface area contributed by atoms with Gasteiger partial charge in [0.05, 0.1) is 0 Å². The minimum Gasteiger partial charge on any atom is -0.226 e. The highest BCUT2D eigenvalue weighted by atomic mass is 19.1. The lowest BCUT2D eigenvalue weighted by Gasteiger charge is -1.99. The van der Waals surface area contributed by atoms with Crippen LogP contribution in [0, 0.1) is 23.0 Å². The van der Waals surface area contributed by atoms with Gasteiger partial charge in [-0.1, -0.05) is 0 Å². The molecular formula is C8H4F3N. The van der Waals surface area contributed by atoms with E-state index >= 15 is 0 Å². The van der Waals surface area contributed by atoms with Crippen molar-refractivity contribution in [3.63, 3.8) is 0 Å². The standard InChI is InChI=1S/C8H4F3N/c9-6-1-5(8(11)4-12)2-7(10)3-6/h1-3,8H. The number of benzene rings is 1. The van der Waals surface area contributed by atoms with Gasteiger partial charge in [-0.15, -0.1) is 0 Å². The summed E-state index contributed by atoms with van der Waals surface area (Å²) in [6, 6.07) is 3.43. The average molecular weight is 171 g/mol. The second-order valence-electron chi connectivity index (χ2n) is 2.19. The maximum Gasteiger partial charge on any atom is 0.211 e. The lowest BCUT2D eigenvalue weighted by Crippen LogP contribution is -1.90. The van der Waals surface area contributed by atoms with Crippen LogP contribution in [0.1, 0.15) is 11.7 Å². The number of alkyl halides is 1. The molecule has 0 amide bonds. The van der Waals surface area contributed by atoms with Crippen molar-refractivity contribution in [3.8, 4) is 6.07 Å². The van der Waals surface area contributed by atoms with Gasteiger partial charge < -0.3 is 0 Å². The zero-order chi connectivity index (χ0) is 9.14. The van der Waals surface area contributed by atoms with Crippen molar-refractivity contribution < 1.29 is 13.2 Å². The van der Waals surface area contributed by atoms with Crippen molar-refractivity contribution in [2.75, 3.05) is 0 Å². The highest BCUT2D eigenvalue weighted by molar-refractivity contribution is 5.23. The fraction of sp³-hybridized carbons (Fsp3) is 0.125. The molecule has 1 nitrogen and oxygen atoms in total. The molecule has 0 radical (unpaired) electrons. The normalized spacial score (nSPS) is 12.2. The summed E-state index contributed by atoms with van der Waals surface area (Å²) < 4.78 is 37.3. The lowest BCUT2D eigenvalue weighted by atomic mass is 10.1. The summed E-state index contributed by atoms with van der Waals surface area (Å²) in [7, 11) is 0. The maximum absolute atomic E-state index is 12.5. The lowest BCUT2D eigenvalue weighted by molar-refractivity contribution is 0.419. The van der Waals surface area contributed by atoms with Crippen LogP contribution in [0.15, 0.2) is 18.2 Å². The molecule has 0 saturated carbocycles. The predicted octanol–water partition coefficient (Wildman–Crippen LogP) is 2.50. The van der Waals surface area contributed by atoms with Crippen LogP contribution in [0.25, 0.3) is 0 Å². The van der Waals surface area contributed by atoms with Crippen LogP contribution in [0.4, 0.5) is 13.2 Å². The average Bonchev–Trinajstić information content (AvgIpc) is 2.01. The fourth-order valence-corrected chi connectivity index (χ4v) is 0.796. The summed E-state index contributed by atoms with van der Waals surface area (Å²) >= 11 is 0. The Balaban J connectivity index is 3.10. The third-order valence-electron chi connectivity index (χ3n) is 1.29. The summed E-state index contributed by atoms with van der Waals surface area (Å²) in [6.45, 7) is 0. The van der Waals surface area contributed by atoms with Gasteiger partial charge in [0.15, 0.2) is 0 Å². The van der Waals surface area contributed by atoms with E-state index in [1.54, 1.807) is 0 Å². The quantitative estimate of drug-likeness (QED) is 0.636. The molecule has 0 aliphatic rings. The van der Waals surface area contributed by atoms with Crippen LogP contribution < -0.4 is 0 Å². The van der Waals surface area contributed by atoms with Crippen LogP contribution in [0.5, 0.6) is 0 Å². The number of nitriles is 1. The minimum absolute atomic E-state index is 0.296. The van der Waals surface area contributed by atoms with Crippen LogP contribution in [-0.4, -0.2) is 0 Å². The molecule has 1 aromatic carbocycles. The minimum atomic E-state index is -1.98. The van der Waals surface area contributed by atoms with E-state index in [1.165, 1.54) is 6.07 Å². The molecular weight excluding hydrogens is 167 g/mol. The molecule has 0 fully saturated rings. The van der Waals surface area contributed by atoms with E-state index in [0.717, 1.165) is 12.1 Å². The van der Waals surface area contributed by atoms with Gasteiger partial charge in [-0.2, -0.15) is 5.26 Å². The van der Waals surface area contributed by atoms with Crippen molar-refractivity contribution >= 4 is 0 Å². The first-order valence-corrected chi connectivity index (χ1v) is 3.13. The number of halogens is 3. The molecule has 4 heteroatoms. The summed E-state index contributed by atoms with van der Waals surface area (Å²) in [5.41, 5.74) is -0.296. The molecule has 0 aliphatic heterocycles. The Kier molecular flexibility index (Phi) is 2.34. The Hall–Kier alpha value is -1.50. The van der Waals surface area contributed by atoms with Crippen LogP contribution in [0.2, 0.25) is 0 Å². The van der Waals surface area contributed by atoms with Gasteiger partial charge in [0.25, 0.3) is 0 Å². The Labute approximate surface area is 67.1 Å². The van der Waals surface area contributed by atoms with E-state index in [1.807, 2.05) is 0 Å². The molecule has 0 heterocycles. The van der Waals surface area contributed by atoms with E-state index in [9.17, 15) is 13.2 Å². The molecule has 12 heavy (non-hydrogen) atoms. The monoisotopic (exact) mass is 171 g/mol. The Bertz CT molecular complexity index is 309. The zero-order valence-electron chi connectivity index (χ0n) is 5.89. The molecule has 1 atom stereocenters. The first kappa shape index (κ1) is 8.60. The fourth-order valence-electron chi connectivity index (χ4n) is 0.796. The third kappa shape index (κ3) is 1.76. The van der Waals surface area contributed by atoms with Crippen molar-refractivity contribution in [1.29, 1.82) is 5.26 Å². The molecule has 1 aromatic rings. The van der Waals surface area contributed by atoms with E-state index in [2.05, 4.69) is 0 Å². The van der Waals surface area contributed by atoms with E-state index < -0.39 is 17.8 Å². The van der Waals surface area contributed by atoms with Crippen molar-refractivity contribution in [2.24, 2.45) is 0 Å². The summed E-state index contributed by atoms with van der Waals surface area (Å²) in [5.74, 6) is -1.77. The molecule has 62 valence electrons. The van der Waals surface area contributed by atoms with Crippen LogP contribution in [-0.2, 0) is 0 Å². The first-order valence-electron chi connectivity index (χ1n) is 3.13. The highest BCUT2D eigenvalue weighted by Crippen LogP contribution is 2.18. The maximum atomic E-state index is 12.5. The summed E-state index contributed by atoms with van der Waals surface area (Å²) in [4.78, 5) is 0. The Morgan fingerprint density at radius 3 is 2.08 bits per heavy atom. The first-order chi connectivity index (χ1) is 5.63. The molecule has 0 bridgehead atoms. The van der Waals surface area contributed by atoms with Gasteiger partial charge in [0.2, 0.25) is 6.17 Å².